The second-order valence-electron chi connectivity index (χ2n) is 5.21. The third kappa shape index (κ3) is 4.27. The lowest BCUT2D eigenvalue weighted by Gasteiger charge is -2.16. The molecule has 1 saturated carbocycles. The highest BCUT2D eigenvalue weighted by Gasteiger charge is 2.15. The molecule has 3 nitrogen and oxygen atoms in total. The Kier molecular flexibility index (Phi) is 5.47. The van der Waals surface area contributed by atoms with E-state index in [-0.39, 0.29) is 12.2 Å². The van der Waals surface area contributed by atoms with Gasteiger partial charge in [-0.3, -0.25) is 4.79 Å². The lowest BCUT2D eigenvalue weighted by molar-refractivity contribution is -0.115. The van der Waals surface area contributed by atoms with Crippen molar-refractivity contribution in [2.24, 2.45) is 0 Å². The van der Waals surface area contributed by atoms with Crippen molar-refractivity contribution in [2.45, 2.75) is 44.6 Å². The zero-order valence-electron chi connectivity index (χ0n) is 11.4. The number of anilines is 1. The van der Waals surface area contributed by atoms with Crippen molar-refractivity contribution in [1.29, 1.82) is 0 Å². The highest BCUT2D eigenvalue weighted by molar-refractivity contribution is 5.92. The van der Waals surface area contributed by atoms with Gasteiger partial charge in [-0.2, -0.15) is 0 Å². The molecule has 0 atom stereocenters. The average molecular weight is 282 g/mol. The van der Waals surface area contributed by atoms with Gasteiger partial charge in [0.15, 0.2) is 0 Å². The maximum atomic E-state index is 13.4. The number of nitrogens with one attached hydrogen (secondary N) is 2. The van der Waals surface area contributed by atoms with Crippen LogP contribution in [0.2, 0.25) is 0 Å². The SMILES string of the molecule is O=C(CNC1CCCCCC1)Nc1c(F)cccc1F. The van der Waals surface area contributed by atoms with E-state index in [1.807, 2.05) is 0 Å². The Labute approximate surface area is 117 Å². The second kappa shape index (κ2) is 7.33. The molecule has 2 rings (SSSR count). The Bertz CT molecular complexity index is 437. The fourth-order valence-corrected chi connectivity index (χ4v) is 2.52. The molecule has 0 aromatic heterocycles. The summed E-state index contributed by atoms with van der Waals surface area (Å²) in [5.74, 6) is -1.93. The Morgan fingerprint density at radius 1 is 1.10 bits per heavy atom. The van der Waals surface area contributed by atoms with Crippen LogP contribution in [0.4, 0.5) is 14.5 Å². The molecule has 110 valence electrons. The minimum atomic E-state index is -0.757. The molecule has 0 unspecified atom stereocenters. The number of benzene rings is 1. The van der Waals surface area contributed by atoms with E-state index in [4.69, 9.17) is 0 Å². The molecular weight excluding hydrogens is 262 g/mol. The minimum absolute atomic E-state index is 0.0818. The summed E-state index contributed by atoms with van der Waals surface area (Å²) < 4.78 is 26.8. The number of carbonyl (C=O) groups is 1. The summed E-state index contributed by atoms with van der Waals surface area (Å²) >= 11 is 0. The van der Waals surface area contributed by atoms with Crippen LogP contribution in [0.25, 0.3) is 0 Å². The monoisotopic (exact) mass is 282 g/mol. The van der Waals surface area contributed by atoms with Gasteiger partial charge >= 0.3 is 0 Å². The molecule has 20 heavy (non-hydrogen) atoms. The van der Waals surface area contributed by atoms with E-state index in [0.29, 0.717) is 6.04 Å². The fourth-order valence-electron chi connectivity index (χ4n) is 2.52. The molecule has 0 heterocycles. The molecule has 1 aliphatic rings. The zero-order chi connectivity index (χ0) is 14.4. The van der Waals surface area contributed by atoms with E-state index in [9.17, 15) is 13.6 Å². The lowest BCUT2D eigenvalue weighted by Crippen LogP contribution is -2.36. The van der Waals surface area contributed by atoms with Gasteiger partial charge < -0.3 is 10.6 Å². The number of para-hydroxylation sites is 1. The number of halogens is 2. The van der Waals surface area contributed by atoms with Crippen LogP contribution >= 0.6 is 0 Å². The molecule has 1 fully saturated rings. The molecule has 2 N–H and O–H groups in total. The first kappa shape index (κ1) is 14.9. The summed E-state index contributed by atoms with van der Waals surface area (Å²) in [6, 6.07) is 3.84. The first-order chi connectivity index (χ1) is 9.66. The maximum absolute atomic E-state index is 13.4. The van der Waals surface area contributed by atoms with E-state index in [0.717, 1.165) is 25.0 Å². The number of carbonyl (C=O) groups excluding carboxylic acids is 1. The van der Waals surface area contributed by atoms with Crippen molar-refractivity contribution in [3.05, 3.63) is 29.8 Å². The number of rotatable bonds is 4. The Hall–Kier alpha value is -1.49. The van der Waals surface area contributed by atoms with Crippen LogP contribution in [0, 0.1) is 11.6 Å². The van der Waals surface area contributed by atoms with Gasteiger partial charge in [0.1, 0.15) is 17.3 Å². The van der Waals surface area contributed by atoms with E-state index in [1.54, 1.807) is 0 Å². The first-order valence-corrected chi connectivity index (χ1v) is 7.14. The molecule has 1 aromatic carbocycles. The summed E-state index contributed by atoms with van der Waals surface area (Å²) in [6.45, 7) is 0.0818. The molecule has 5 heteroatoms. The topological polar surface area (TPSA) is 41.1 Å². The number of hydrogen-bond donors (Lipinski definition) is 2. The standard InChI is InChI=1S/C15H20F2N2O/c16-12-8-5-9-13(17)15(12)19-14(20)10-18-11-6-3-1-2-4-7-11/h5,8-9,11,18H,1-4,6-7,10H2,(H,19,20). The summed E-state index contributed by atoms with van der Waals surface area (Å²) in [4.78, 5) is 11.7. The van der Waals surface area contributed by atoms with E-state index < -0.39 is 17.5 Å². The van der Waals surface area contributed by atoms with Gasteiger partial charge in [0.05, 0.1) is 6.54 Å². The molecule has 1 amide bonds. The van der Waals surface area contributed by atoms with Gasteiger partial charge in [0, 0.05) is 6.04 Å². The van der Waals surface area contributed by atoms with Crippen LogP contribution in [-0.4, -0.2) is 18.5 Å². The third-order valence-electron chi connectivity index (χ3n) is 3.63. The van der Waals surface area contributed by atoms with E-state index >= 15 is 0 Å². The normalized spacial score (nSPS) is 16.7. The Morgan fingerprint density at radius 2 is 1.70 bits per heavy atom. The van der Waals surface area contributed by atoms with Gasteiger partial charge in [-0.1, -0.05) is 31.7 Å². The highest BCUT2D eigenvalue weighted by Crippen LogP contribution is 2.18. The quantitative estimate of drug-likeness (QED) is 0.833. The van der Waals surface area contributed by atoms with Gasteiger partial charge in [0.2, 0.25) is 5.91 Å². The molecule has 1 aliphatic carbocycles. The highest BCUT2D eigenvalue weighted by atomic mass is 19.1. The molecule has 0 bridgehead atoms. The minimum Gasteiger partial charge on any atom is -0.320 e. The number of hydrogen-bond acceptors (Lipinski definition) is 2. The van der Waals surface area contributed by atoms with Crippen molar-refractivity contribution in [2.75, 3.05) is 11.9 Å². The summed E-state index contributed by atoms with van der Waals surface area (Å²) in [6.07, 6.45) is 6.93. The van der Waals surface area contributed by atoms with Gasteiger partial charge in [-0.15, -0.1) is 0 Å². The Balaban J connectivity index is 1.83. The Morgan fingerprint density at radius 3 is 2.30 bits per heavy atom. The van der Waals surface area contributed by atoms with Crippen molar-refractivity contribution in [1.82, 2.24) is 5.32 Å². The maximum Gasteiger partial charge on any atom is 0.238 e. The summed E-state index contributed by atoms with van der Waals surface area (Å²) in [5, 5.41) is 5.45. The van der Waals surface area contributed by atoms with Crippen LogP contribution in [0.1, 0.15) is 38.5 Å². The van der Waals surface area contributed by atoms with Gasteiger partial charge in [0.25, 0.3) is 0 Å². The van der Waals surface area contributed by atoms with Crippen LogP contribution in [0.15, 0.2) is 18.2 Å². The summed E-state index contributed by atoms with van der Waals surface area (Å²) in [7, 11) is 0. The van der Waals surface area contributed by atoms with Crippen LogP contribution < -0.4 is 10.6 Å². The van der Waals surface area contributed by atoms with E-state index in [2.05, 4.69) is 10.6 Å². The predicted molar refractivity (Wildman–Crippen MR) is 74.5 cm³/mol. The lowest BCUT2D eigenvalue weighted by atomic mass is 10.1. The molecule has 1 aromatic rings. The fraction of sp³-hybridized carbons (Fsp3) is 0.533. The van der Waals surface area contributed by atoms with Crippen LogP contribution in [0.3, 0.4) is 0 Å². The smallest absolute Gasteiger partial charge is 0.238 e. The van der Waals surface area contributed by atoms with E-state index in [1.165, 1.54) is 31.7 Å². The molecule has 0 aliphatic heterocycles. The largest absolute Gasteiger partial charge is 0.320 e. The first-order valence-electron chi connectivity index (χ1n) is 7.14. The molecule has 0 spiro atoms. The third-order valence-corrected chi connectivity index (χ3v) is 3.63. The number of amides is 1. The predicted octanol–water partition coefficient (Wildman–Crippen LogP) is 3.22. The van der Waals surface area contributed by atoms with Crippen LogP contribution in [-0.2, 0) is 4.79 Å². The van der Waals surface area contributed by atoms with Crippen molar-refractivity contribution >= 4 is 11.6 Å². The average Bonchev–Trinajstić information content (AvgIpc) is 2.69. The molecular formula is C15H20F2N2O. The molecule has 0 saturated heterocycles. The van der Waals surface area contributed by atoms with Gasteiger partial charge in [-0.25, -0.2) is 8.78 Å². The zero-order valence-corrected chi connectivity index (χ0v) is 11.4. The van der Waals surface area contributed by atoms with Crippen molar-refractivity contribution < 1.29 is 13.6 Å². The van der Waals surface area contributed by atoms with Crippen molar-refractivity contribution in [3.8, 4) is 0 Å². The second-order valence-corrected chi connectivity index (χ2v) is 5.21. The van der Waals surface area contributed by atoms with Crippen molar-refractivity contribution in [3.63, 3.8) is 0 Å². The summed E-state index contributed by atoms with van der Waals surface area (Å²) in [5.41, 5.74) is -0.375. The van der Waals surface area contributed by atoms with Crippen LogP contribution in [0.5, 0.6) is 0 Å². The van der Waals surface area contributed by atoms with Gasteiger partial charge in [-0.05, 0) is 25.0 Å². The molecule has 0 radical (unpaired) electrons.